The van der Waals surface area contributed by atoms with Crippen molar-refractivity contribution in [3.8, 4) is 11.5 Å². The van der Waals surface area contributed by atoms with E-state index in [2.05, 4.69) is 15.9 Å². The van der Waals surface area contributed by atoms with Crippen molar-refractivity contribution < 1.29 is 14.3 Å². The average molecular weight is 341 g/mol. The van der Waals surface area contributed by atoms with E-state index >= 15 is 0 Å². The highest BCUT2D eigenvalue weighted by molar-refractivity contribution is 9.10. The highest BCUT2D eigenvalue weighted by Gasteiger charge is 2.11. The molecule has 1 aromatic heterocycles. The minimum atomic E-state index is 0.0883. The van der Waals surface area contributed by atoms with Gasteiger partial charge in [0.25, 0.3) is 0 Å². The Kier molecular flexibility index (Phi) is 4.61. The largest absolute Gasteiger partial charge is 0.496 e. The summed E-state index contributed by atoms with van der Waals surface area (Å²) in [4.78, 5) is 12.8. The number of carbonyl (C=O) groups is 1. The van der Waals surface area contributed by atoms with E-state index in [4.69, 9.17) is 9.47 Å². The molecule has 0 atom stereocenters. The van der Waals surface area contributed by atoms with Crippen LogP contribution in [0, 0.1) is 0 Å². The molecule has 0 N–H and O–H groups in total. The minimum Gasteiger partial charge on any atom is -0.496 e. The minimum absolute atomic E-state index is 0.0883. The quantitative estimate of drug-likeness (QED) is 0.773. The number of rotatable bonds is 5. The summed E-state index contributed by atoms with van der Waals surface area (Å²) in [7, 11) is 3.21. The highest BCUT2D eigenvalue weighted by atomic mass is 79.9. The topological polar surface area (TPSA) is 35.5 Å². The van der Waals surface area contributed by atoms with E-state index in [1.165, 1.54) is 11.3 Å². The molecule has 0 fully saturated rings. The first-order valence-electron chi connectivity index (χ1n) is 5.62. The molecular weight excluding hydrogens is 328 g/mol. The molecule has 0 aliphatic rings. The number of hydrogen-bond acceptors (Lipinski definition) is 4. The van der Waals surface area contributed by atoms with Crippen LogP contribution in [-0.4, -0.2) is 20.0 Å². The first kappa shape index (κ1) is 14.1. The van der Waals surface area contributed by atoms with E-state index in [-0.39, 0.29) is 5.78 Å². The maximum Gasteiger partial charge on any atom is 0.177 e. The van der Waals surface area contributed by atoms with E-state index < -0.39 is 0 Å². The first-order valence-corrected chi connectivity index (χ1v) is 7.29. The van der Waals surface area contributed by atoms with Gasteiger partial charge in [0.2, 0.25) is 0 Å². The number of hydrogen-bond donors (Lipinski definition) is 0. The van der Waals surface area contributed by atoms with Crippen molar-refractivity contribution in [1.29, 1.82) is 0 Å². The molecule has 2 rings (SSSR count). The number of carbonyl (C=O) groups excluding carboxylic acids is 1. The normalized spacial score (nSPS) is 10.3. The molecule has 0 saturated carbocycles. The van der Waals surface area contributed by atoms with E-state index in [1.807, 2.05) is 23.6 Å². The Morgan fingerprint density at radius 1 is 1.26 bits per heavy atom. The second-order valence-corrected chi connectivity index (χ2v) is 5.69. The lowest BCUT2D eigenvalue weighted by Crippen LogP contribution is -2.01. The molecule has 5 heteroatoms. The number of halogens is 1. The molecule has 0 aliphatic heterocycles. The van der Waals surface area contributed by atoms with Crippen molar-refractivity contribution in [2.75, 3.05) is 14.2 Å². The maximum absolute atomic E-state index is 12.1. The average Bonchev–Trinajstić information content (AvgIpc) is 2.88. The molecule has 1 aromatic carbocycles. The third-order valence-electron chi connectivity index (χ3n) is 2.67. The molecule has 19 heavy (non-hydrogen) atoms. The zero-order valence-electron chi connectivity index (χ0n) is 10.6. The van der Waals surface area contributed by atoms with Gasteiger partial charge < -0.3 is 9.47 Å². The monoisotopic (exact) mass is 340 g/mol. The lowest BCUT2D eigenvalue weighted by molar-refractivity contribution is 0.0996. The maximum atomic E-state index is 12.1. The van der Waals surface area contributed by atoms with Crippen molar-refractivity contribution >= 4 is 33.0 Å². The van der Waals surface area contributed by atoms with Crippen LogP contribution in [0.2, 0.25) is 0 Å². The van der Waals surface area contributed by atoms with Crippen LogP contribution in [0.5, 0.6) is 11.5 Å². The number of benzene rings is 1. The molecule has 2 aromatic rings. The summed E-state index contributed by atoms with van der Waals surface area (Å²) in [6.45, 7) is 0. The van der Waals surface area contributed by atoms with Crippen molar-refractivity contribution in [2.24, 2.45) is 0 Å². The van der Waals surface area contributed by atoms with Crippen LogP contribution in [0.25, 0.3) is 0 Å². The van der Waals surface area contributed by atoms with E-state index in [9.17, 15) is 4.79 Å². The van der Waals surface area contributed by atoms with Gasteiger partial charge in [0, 0.05) is 17.9 Å². The van der Waals surface area contributed by atoms with Gasteiger partial charge in [-0.2, -0.15) is 0 Å². The summed E-state index contributed by atoms with van der Waals surface area (Å²) in [6, 6.07) is 7.42. The molecule has 0 amide bonds. The SMILES string of the molecule is COc1csc(C(=O)Cc2ccc(OC)c(Br)c2)c1. The van der Waals surface area contributed by atoms with Gasteiger partial charge >= 0.3 is 0 Å². The molecule has 0 saturated heterocycles. The summed E-state index contributed by atoms with van der Waals surface area (Å²) >= 11 is 4.82. The molecule has 0 aliphatic carbocycles. The zero-order valence-corrected chi connectivity index (χ0v) is 13.0. The highest BCUT2D eigenvalue weighted by Crippen LogP contribution is 2.27. The fourth-order valence-corrected chi connectivity index (χ4v) is 3.05. The van der Waals surface area contributed by atoms with Gasteiger partial charge in [0.15, 0.2) is 5.78 Å². The molecule has 100 valence electrons. The molecule has 1 heterocycles. The summed E-state index contributed by atoms with van der Waals surface area (Å²) in [5.41, 5.74) is 0.949. The van der Waals surface area contributed by atoms with Crippen LogP contribution in [0.4, 0.5) is 0 Å². The summed E-state index contributed by atoms with van der Waals surface area (Å²) in [6.07, 6.45) is 0.367. The van der Waals surface area contributed by atoms with Gasteiger partial charge in [-0.1, -0.05) is 6.07 Å². The summed E-state index contributed by atoms with van der Waals surface area (Å²) in [5.74, 6) is 1.57. The second kappa shape index (κ2) is 6.21. The Labute approximate surface area is 124 Å². The van der Waals surface area contributed by atoms with Gasteiger partial charge in [0.1, 0.15) is 11.5 Å². The second-order valence-electron chi connectivity index (χ2n) is 3.92. The number of ether oxygens (including phenoxy) is 2. The molecule has 0 unspecified atom stereocenters. The van der Waals surface area contributed by atoms with Crippen LogP contribution in [0.15, 0.2) is 34.1 Å². The number of methoxy groups -OCH3 is 2. The van der Waals surface area contributed by atoms with Crippen molar-refractivity contribution in [3.63, 3.8) is 0 Å². The van der Waals surface area contributed by atoms with E-state index in [0.717, 1.165) is 21.5 Å². The van der Waals surface area contributed by atoms with Crippen molar-refractivity contribution in [3.05, 3.63) is 44.6 Å². The molecule has 3 nitrogen and oxygen atoms in total. The lowest BCUT2D eigenvalue weighted by atomic mass is 10.1. The third kappa shape index (κ3) is 3.36. The van der Waals surface area contributed by atoms with Gasteiger partial charge in [-0.05, 0) is 33.6 Å². The number of thiophene rings is 1. The van der Waals surface area contributed by atoms with Gasteiger partial charge in [0.05, 0.1) is 23.6 Å². The van der Waals surface area contributed by atoms with Crippen LogP contribution in [0.3, 0.4) is 0 Å². The van der Waals surface area contributed by atoms with Crippen molar-refractivity contribution in [2.45, 2.75) is 6.42 Å². The Balaban J connectivity index is 2.12. The lowest BCUT2D eigenvalue weighted by Gasteiger charge is -2.05. The Morgan fingerprint density at radius 3 is 2.63 bits per heavy atom. The first-order chi connectivity index (χ1) is 9.13. The molecular formula is C14H13BrO3S. The Morgan fingerprint density at radius 2 is 2.05 bits per heavy atom. The molecule has 0 bridgehead atoms. The van der Waals surface area contributed by atoms with Gasteiger partial charge in [-0.25, -0.2) is 0 Å². The fourth-order valence-electron chi connectivity index (χ4n) is 1.66. The smallest absolute Gasteiger partial charge is 0.177 e. The standard InChI is InChI=1S/C14H13BrO3S/c1-17-10-7-14(19-8-10)12(16)6-9-3-4-13(18-2)11(15)5-9/h3-5,7-8H,6H2,1-2H3. The third-order valence-corrected chi connectivity index (χ3v) is 4.24. The van der Waals surface area contributed by atoms with Crippen LogP contribution in [-0.2, 0) is 6.42 Å². The predicted octanol–water partition coefficient (Wildman–Crippen LogP) is 3.95. The van der Waals surface area contributed by atoms with Crippen LogP contribution < -0.4 is 9.47 Å². The van der Waals surface area contributed by atoms with Gasteiger partial charge in [-0.3, -0.25) is 4.79 Å². The predicted molar refractivity (Wildman–Crippen MR) is 79.6 cm³/mol. The van der Waals surface area contributed by atoms with E-state index in [1.54, 1.807) is 20.3 Å². The van der Waals surface area contributed by atoms with Gasteiger partial charge in [-0.15, -0.1) is 11.3 Å². The summed E-state index contributed by atoms with van der Waals surface area (Å²) < 4.78 is 11.1. The van der Waals surface area contributed by atoms with Crippen molar-refractivity contribution in [1.82, 2.24) is 0 Å². The Bertz CT molecular complexity index is 592. The fraction of sp³-hybridized carbons (Fsp3) is 0.214. The zero-order chi connectivity index (χ0) is 13.8. The molecule has 0 spiro atoms. The Hall–Kier alpha value is -1.33. The van der Waals surface area contributed by atoms with Crippen LogP contribution >= 0.6 is 27.3 Å². The summed E-state index contributed by atoms with van der Waals surface area (Å²) in [5, 5.41) is 1.83. The van der Waals surface area contributed by atoms with E-state index in [0.29, 0.717) is 11.3 Å². The number of ketones is 1. The number of Topliss-reactive ketones (excluding diaryl/α,β-unsaturated/α-hetero) is 1. The molecule has 0 radical (unpaired) electrons. The van der Waals surface area contributed by atoms with Crippen LogP contribution in [0.1, 0.15) is 15.2 Å².